The van der Waals surface area contributed by atoms with Gasteiger partial charge in [-0.3, -0.25) is 0 Å². The van der Waals surface area contributed by atoms with Crippen LogP contribution in [-0.2, 0) is 6.42 Å². The van der Waals surface area contributed by atoms with Gasteiger partial charge in [-0.05, 0) is 24.1 Å². The number of benzene rings is 1. The standard InChI is InChI=1S/C11H12N2/c1-13-6-5-8-7-12-9-3-2-4-10(13)11(8)9/h2-4,7,12H,5-6H2,1H3. The van der Waals surface area contributed by atoms with Crippen LogP contribution in [0.3, 0.4) is 0 Å². The van der Waals surface area contributed by atoms with Crippen LogP contribution in [0.25, 0.3) is 10.9 Å². The van der Waals surface area contributed by atoms with Crippen molar-refractivity contribution in [3.05, 3.63) is 30.0 Å². The minimum absolute atomic E-state index is 1.13. The quantitative estimate of drug-likeness (QED) is 0.645. The average molecular weight is 172 g/mol. The third-order valence-electron chi connectivity index (χ3n) is 2.89. The third-order valence-corrected chi connectivity index (χ3v) is 2.89. The molecule has 2 aromatic rings. The van der Waals surface area contributed by atoms with E-state index in [2.05, 4.69) is 41.3 Å². The molecule has 1 aromatic carbocycles. The number of H-pyrrole nitrogens is 1. The maximum atomic E-state index is 3.31. The van der Waals surface area contributed by atoms with Gasteiger partial charge in [0, 0.05) is 36.4 Å². The Kier molecular flexibility index (Phi) is 1.23. The van der Waals surface area contributed by atoms with Crippen molar-refractivity contribution in [3.63, 3.8) is 0 Å². The molecule has 0 saturated carbocycles. The van der Waals surface area contributed by atoms with E-state index in [1.54, 1.807) is 0 Å². The largest absolute Gasteiger partial charge is 0.374 e. The van der Waals surface area contributed by atoms with Gasteiger partial charge in [0.25, 0.3) is 0 Å². The molecule has 0 saturated heterocycles. The van der Waals surface area contributed by atoms with Crippen LogP contribution < -0.4 is 4.90 Å². The lowest BCUT2D eigenvalue weighted by molar-refractivity contribution is 0.868. The van der Waals surface area contributed by atoms with E-state index in [9.17, 15) is 0 Å². The Balaban J connectivity index is 2.45. The van der Waals surface area contributed by atoms with E-state index in [0.29, 0.717) is 0 Å². The minimum atomic E-state index is 1.13. The summed E-state index contributed by atoms with van der Waals surface area (Å²) in [5.74, 6) is 0. The van der Waals surface area contributed by atoms with Crippen LogP contribution in [0.5, 0.6) is 0 Å². The second-order valence-corrected chi connectivity index (χ2v) is 3.69. The van der Waals surface area contributed by atoms with Crippen molar-refractivity contribution in [3.8, 4) is 0 Å². The number of nitrogens with one attached hydrogen (secondary N) is 1. The van der Waals surface area contributed by atoms with E-state index >= 15 is 0 Å². The Morgan fingerprint density at radius 3 is 3.23 bits per heavy atom. The van der Waals surface area contributed by atoms with Crippen molar-refractivity contribution in [2.75, 3.05) is 18.5 Å². The Morgan fingerprint density at radius 2 is 2.31 bits per heavy atom. The highest BCUT2D eigenvalue weighted by Crippen LogP contribution is 2.32. The smallest absolute Gasteiger partial charge is 0.0477 e. The van der Waals surface area contributed by atoms with E-state index in [1.807, 2.05) is 0 Å². The summed E-state index contributed by atoms with van der Waals surface area (Å²) < 4.78 is 0. The number of aromatic amines is 1. The summed E-state index contributed by atoms with van der Waals surface area (Å²) in [6, 6.07) is 6.44. The van der Waals surface area contributed by atoms with Crippen molar-refractivity contribution < 1.29 is 0 Å². The molecule has 66 valence electrons. The number of nitrogens with zero attached hydrogens (tertiary/aromatic N) is 1. The highest BCUT2D eigenvalue weighted by molar-refractivity contribution is 5.96. The van der Waals surface area contributed by atoms with E-state index in [-0.39, 0.29) is 0 Å². The van der Waals surface area contributed by atoms with Gasteiger partial charge < -0.3 is 9.88 Å². The molecule has 0 aliphatic carbocycles. The zero-order valence-corrected chi connectivity index (χ0v) is 7.67. The second kappa shape index (κ2) is 2.28. The first-order valence-corrected chi connectivity index (χ1v) is 4.66. The summed E-state index contributed by atoms with van der Waals surface area (Å²) in [5.41, 5.74) is 4.09. The molecule has 0 radical (unpaired) electrons. The van der Waals surface area contributed by atoms with Crippen LogP contribution in [0.15, 0.2) is 24.4 Å². The zero-order valence-electron chi connectivity index (χ0n) is 7.67. The van der Waals surface area contributed by atoms with Crippen LogP contribution >= 0.6 is 0 Å². The molecular formula is C11H12N2. The van der Waals surface area contributed by atoms with Crippen LogP contribution in [0.1, 0.15) is 5.56 Å². The van der Waals surface area contributed by atoms with Gasteiger partial charge in [-0.2, -0.15) is 0 Å². The SMILES string of the molecule is CN1CCc2c[nH]c3cccc1c23. The number of hydrogen-bond acceptors (Lipinski definition) is 1. The molecule has 0 unspecified atom stereocenters. The molecule has 13 heavy (non-hydrogen) atoms. The molecule has 1 aromatic heterocycles. The first kappa shape index (κ1) is 7.01. The number of aromatic nitrogens is 1. The van der Waals surface area contributed by atoms with Gasteiger partial charge in [0.1, 0.15) is 0 Å². The molecular weight excluding hydrogens is 160 g/mol. The molecule has 1 N–H and O–H groups in total. The Bertz CT molecular complexity index is 456. The Morgan fingerprint density at radius 1 is 1.38 bits per heavy atom. The minimum Gasteiger partial charge on any atom is -0.374 e. The van der Waals surface area contributed by atoms with Crippen LogP contribution in [0, 0.1) is 0 Å². The Hall–Kier alpha value is -1.44. The van der Waals surface area contributed by atoms with Gasteiger partial charge in [-0.25, -0.2) is 0 Å². The van der Waals surface area contributed by atoms with E-state index < -0.39 is 0 Å². The molecule has 2 heterocycles. The summed E-state index contributed by atoms with van der Waals surface area (Å²) in [6.45, 7) is 1.13. The Labute approximate surface area is 77.2 Å². The molecule has 0 bridgehead atoms. The van der Waals surface area contributed by atoms with Gasteiger partial charge in [-0.15, -0.1) is 0 Å². The lowest BCUT2D eigenvalue weighted by atomic mass is 10.0. The average Bonchev–Trinajstić information content (AvgIpc) is 2.57. The number of anilines is 1. The predicted octanol–water partition coefficient (Wildman–Crippen LogP) is 2.16. The molecule has 0 fully saturated rings. The van der Waals surface area contributed by atoms with Crippen LogP contribution in [-0.4, -0.2) is 18.6 Å². The second-order valence-electron chi connectivity index (χ2n) is 3.69. The zero-order chi connectivity index (χ0) is 8.84. The molecule has 0 atom stereocenters. The van der Waals surface area contributed by atoms with E-state index in [1.165, 1.54) is 22.2 Å². The first-order valence-electron chi connectivity index (χ1n) is 4.66. The molecule has 0 spiro atoms. The van der Waals surface area contributed by atoms with Crippen molar-refractivity contribution in [2.24, 2.45) is 0 Å². The van der Waals surface area contributed by atoms with Gasteiger partial charge in [0.05, 0.1) is 0 Å². The monoisotopic (exact) mass is 172 g/mol. The number of hydrogen-bond donors (Lipinski definition) is 1. The lowest BCUT2D eigenvalue weighted by Gasteiger charge is -2.24. The van der Waals surface area contributed by atoms with Crippen molar-refractivity contribution in [1.82, 2.24) is 4.98 Å². The normalized spacial score (nSPS) is 15.3. The fourth-order valence-corrected chi connectivity index (χ4v) is 2.16. The molecule has 1 aliphatic heterocycles. The van der Waals surface area contributed by atoms with Gasteiger partial charge in [0.15, 0.2) is 0 Å². The molecule has 1 aliphatic rings. The lowest BCUT2D eigenvalue weighted by Crippen LogP contribution is -2.23. The highest BCUT2D eigenvalue weighted by Gasteiger charge is 2.16. The van der Waals surface area contributed by atoms with Gasteiger partial charge >= 0.3 is 0 Å². The summed E-state index contributed by atoms with van der Waals surface area (Å²) in [6.07, 6.45) is 3.30. The summed E-state index contributed by atoms with van der Waals surface area (Å²) >= 11 is 0. The maximum Gasteiger partial charge on any atom is 0.0477 e. The van der Waals surface area contributed by atoms with Crippen LogP contribution in [0.2, 0.25) is 0 Å². The number of rotatable bonds is 0. The maximum absolute atomic E-state index is 3.31. The predicted molar refractivity (Wildman–Crippen MR) is 55.3 cm³/mol. The van der Waals surface area contributed by atoms with Gasteiger partial charge in [0.2, 0.25) is 0 Å². The summed E-state index contributed by atoms with van der Waals surface area (Å²) in [7, 11) is 2.16. The van der Waals surface area contributed by atoms with Gasteiger partial charge in [-0.1, -0.05) is 6.07 Å². The van der Waals surface area contributed by atoms with Crippen molar-refractivity contribution in [2.45, 2.75) is 6.42 Å². The van der Waals surface area contributed by atoms with E-state index in [4.69, 9.17) is 0 Å². The molecule has 3 rings (SSSR count). The molecule has 0 amide bonds. The topological polar surface area (TPSA) is 19.0 Å². The third kappa shape index (κ3) is 0.829. The highest BCUT2D eigenvalue weighted by atomic mass is 15.1. The summed E-state index contributed by atoms with van der Waals surface area (Å²) in [4.78, 5) is 5.64. The summed E-state index contributed by atoms with van der Waals surface area (Å²) in [5, 5.41) is 1.41. The number of likely N-dealkylation sites (N-methyl/N-ethyl adjacent to an activating group) is 1. The van der Waals surface area contributed by atoms with Crippen LogP contribution in [0.4, 0.5) is 5.69 Å². The fraction of sp³-hybridized carbons (Fsp3) is 0.273. The molecule has 2 nitrogen and oxygen atoms in total. The van der Waals surface area contributed by atoms with Crippen molar-refractivity contribution in [1.29, 1.82) is 0 Å². The van der Waals surface area contributed by atoms with E-state index in [0.717, 1.165) is 13.0 Å². The first-order chi connectivity index (χ1) is 6.36. The molecule has 2 heteroatoms. The van der Waals surface area contributed by atoms with Crippen molar-refractivity contribution >= 4 is 16.6 Å². The fourth-order valence-electron chi connectivity index (χ4n) is 2.16.